The topological polar surface area (TPSA) is 17.1 Å². The molecule has 0 saturated heterocycles. The molecule has 0 aromatic heterocycles. The minimum Gasteiger partial charge on any atom is -0.303 e. The number of hydrogen-bond donors (Lipinski definition) is 0. The van der Waals surface area contributed by atoms with Crippen molar-refractivity contribution in [3.05, 3.63) is 57.6 Å². The van der Waals surface area contributed by atoms with Crippen LogP contribution in [0.25, 0.3) is 0 Å². The van der Waals surface area contributed by atoms with E-state index >= 15 is 0 Å². The molecule has 1 aliphatic carbocycles. The number of carbonyl (C=O) groups is 1. The summed E-state index contributed by atoms with van der Waals surface area (Å²) in [7, 11) is 0. The summed E-state index contributed by atoms with van der Waals surface area (Å²) in [5, 5.41) is 0.686. The second-order valence-corrected chi connectivity index (χ2v) is 5.39. The predicted molar refractivity (Wildman–Crippen MR) is 75.9 cm³/mol. The van der Waals surface area contributed by atoms with E-state index in [0.717, 1.165) is 24.7 Å². The normalized spacial score (nSPS) is 16.7. The molecule has 1 aliphatic rings. The highest BCUT2D eigenvalue weighted by Crippen LogP contribution is 2.33. The molecule has 0 N–H and O–H groups in total. The summed E-state index contributed by atoms with van der Waals surface area (Å²) < 4.78 is 0. The minimum atomic E-state index is -0.0899. The Kier molecular flexibility index (Phi) is 4.03. The zero-order valence-corrected chi connectivity index (χ0v) is 11.5. The average molecular weight is 261 g/mol. The largest absolute Gasteiger partial charge is 0.303 e. The molecule has 1 nitrogen and oxygen atoms in total. The third-order valence-electron chi connectivity index (χ3n) is 3.42. The van der Waals surface area contributed by atoms with Crippen LogP contribution in [0, 0.1) is 0 Å². The number of aldehydes is 1. The van der Waals surface area contributed by atoms with Crippen molar-refractivity contribution < 1.29 is 4.79 Å². The van der Waals surface area contributed by atoms with Gasteiger partial charge in [0.25, 0.3) is 0 Å². The smallest absolute Gasteiger partial charge is 0.127 e. The van der Waals surface area contributed by atoms with E-state index in [-0.39, 0.29) is 5.92 Å². The number of hydrogen-bond acceptors (Lipinski definition) is 1. The van der Waals surface area contributed by atoms with Crippen molar-refractivity contribution in [3.63, 3.8) is 0 Å². The maximum atomic E-state index is 11.3. The van der Waals surface area contributed by atoms with E-state index in [2.05, 4.69) is 19.9 Å². The van der Waals surface area contributed by atoms with Gasteiger partial charge < -0.3 is 4.79 Å². The third kappa shape index (κ3) is 2.91. The molecular formula is C16H17ClO. The Hall–Kier alpha value is -1.34. The first-order valence-electron chi connectivity index (χ1n) is 6.16. The monoisotopic (exact) mass is 260 g/mol. The lowest BCUT2D eigenvalue weighted by Gasteiger charge is -2.13. The Morgan fingerprint density at radius 1 is 1.39 bits per heavy atom. The van der Waals surface area contributed by atoms with E-state index in [1.54, 1.807) is 0 Å². The first-order valence-corrected chi connectivity index (χ1v) is 6.54. The molecule has 0 amide bonds. The standard InChI is InChI=1S/C16H17ClO/c1-11-6-12(2)14(7-11)8-15(10-18)13-4-3-5-16(17)9-13/h3-6,9-10,15H,7-8H2,1-2H3. The van der Waals surface area contributed by atoms with Crippen LogP contribution in [-0.4, -0.2) is 6.29 Å². The van der Waals surface area contributed by atoms with Crippen LogP contribution in [0.3, 0.4) is 0 Å². The average Bonchev–Trinajstić information content (AvgIpc) is 2.64. The van der Waals surface area contributed by atoms with Crippen molar-refractivity contribution in [2.24, 2.45) is 0 Å². The fraction of sp³-hybridized carbons (Fsp3) is 0.312. The molecule has 0 spiro atoms. The lowest BCUT2D eigenvalue weighted by molar-refractivity contribution is -0.109. The lowest BCUT2D eigenvalue weighted by Crippen LogP contribution is -2.02. The molecule has 1 aromatic carbocycles. The molecule has 1 atom stereocenters. The van der Waals surface area contributed by atoms with Crippen molar-refractivity contribution in [1.82, 2.24) is 0 Å². The van der Waals surface area contributed by atoms with Gasteiger partial charge in [-0.1, -0.05) is 46.5 Å². The van der Waals surface area contributed by atoms with E-state index < -0.39 is 0 Å². The summed E-state index contributed by atoms with van der Waals surface area (Å²) in [6, 6.07) is 7.58. The zero-order valence-electron chi connectivity index (χ0n) is 10.7. The summed E-state index contributed by atoms with van der Waals surface area (Å²) in [5.74, 6) is -0.0899. The van der Waals surface area contributed by atoms with Crippen molar-refractivity contribution in [2.45, 2.75) is 32.6 Å². The number of rotatable bonds is 4. The van der Waals surface area contributed by atoms with Crippen LogP contribution in [-0.2, 0) is 4.79 Å². The summed E-state index contributed by atoms with van der Waals surface area (Å²) in [6.45, 7) is 4.25. The Morgan fingerprint density at radius 3 is 2.72 bits per heavy atom. The van der Waals surface area contributed by atoms with Gasteiger partial charge in [0.05, 0.1) is 0 Å². The molecule has 18 heavy (non-hydrogen) atoms. The van der Waals surface area contributed by atoms with Gasteiger partial charge in [-0.2, -0.15) is 0 Å². The second-order valence-electron chi connectivity index (χ2n) is 4.96. The fourth-order valence-electron chi connectivity index (χ4n) is 2.48. The van der Waals surface area contributed by atoms with E-state index in [1.807, 2.05) is 24.3 Å². The van der Waals surface area contributed by atoms with Gasteiger partial charge in [-0.05, 0) is 44.4 Å². The van der Waals surface area contributed by atoms with Crippen LogP contribution < -0.4 is 0 Å². The maximum absolute atomic E-state index is 11.3. The molecule has 1 unspecified atom stereocenters. The van der Waals surface area contributed by atoms with Crippen LogP contribution in [0.15, 0.2) is 47.1 Å². The summed E-state index contributed by atoms with van der Waals surface area (Å²) in [6.07, 6.45) is 5.02. The fourth-order valence-corrected chi connectivity index (χ4v) is 2.68. The molecule has 0 aliphatic heterocycles. The van der Waals surface area contributed by atoms with Gasteiger partial charge in [0.2, 0.25) is 0 Å². The maximum Gasteiger partial charge on any atom is 0.127 e. The van der Waals surface area contributed by atoms with Gasteiger partial charge >= 0.3 is 0 Å². The number of allylic oxidation sites excluding steroid dienone is 4. The molecular weight excluding hydrogens is 244 g/mol. The van der Waals surface area contributed by atoms with Gasteiger partial charge in [0.15, 0.2) is 0 Å². The third-order valence-corrected chi connectivity index (χ3v) is 3.66. The van der Waals surface area contributed by atoms with E-state index in [9.17, 15) is 4.79 Å². The van der Waals surface area contributed by atoms with Gasteiger partial charge in [-0.3, -0.25) is 0 Å². The van der Waals surface area contributed by atoms with Gasteiger partial charge in [0, 0.05) is 10.9 Å². The van der Waals surface area contributed by atoms with E-state index in [4.69, 9.17) is 11.6 Å². The zero-order chi connectivity index (χ0) is 13.1. The van der Waals surface area contributed by atoms with Crippen LogP contribution in [0.2, 0.25) is 5.02 Å². The second kappa shape index (κ2) is 5.53. The molecule has 2 rings (SSSR count). The molecule has 0 bridgehead atoms. The van der Waals surface area contributed by atoms with Crippen molar-refractivity contribution in [3.8, 4) is 0 Å². The minimum absolute atomic E-state index is 0.0899. The van der Waals surface area contributed by atoms with Gasteiger partial charge in [-0.25, -0.2) is 0 Å². The first kappa shape index (κ1) is 13.1. The highest BCUT2D eigenvalue weighted by molar-refractivity contribution is 6.30. The lowest BCUT2D eigenvalue weighted by atomic mass is 9.91. The molecule has 1 aromatic rings. The van der Waals surface area contributed by atoms with Crippen LogP contribution in [0.5, 0.6) is 0 Å². The molecule has 94 valence electrons. The quantitative estimate of drug-likeness (QED) is 0.719. The molecule has 2 heteroatoms. The van der Waals surface area contributed by atoms with Crippen molar-refractivity contribution in [1.29, 1.82) is 0 Å². The molecule has 0 saturated carbocycles. The van der Waals surface area contributed by atoms with E-state index in [1.165, 1.54) is 16.7 Å². The number of halogens is 1. The number of benzene rings is 1. The first-order chi connectivity index (χ1) is 8.60. The summed E-state index contributed by atoms with van der Waals surface area (Å²) in [4.78, 5) is 11.3. The Balaban J connectivity index is 2.17. The van der Waals surface area contributed by atoms with Crippen LogP contribution in [0.1, 0.15) is 38.2 Å². The molecule has 0 fully saturated rings. The summed E-state index contributed by atoms with van der Waals surface area (Å²) >= 11 is 5.98. The van der Waals surface area contributed by atoms with Crippen LogP contribution in [0.4, 0.5) is 0 Å². The molecule has 0 radical (unpaired) electrons. The Bertz CT molecular complexity index is 526. The predicted octanol–water partition coefficient (Wildman–Crippen LogP) is 4.68. The van der Waals surface area contributed by atoms with E-state index in [0.29, 0.717) is 5.02 Å². The highest BCUT2D eigenvalue weighted by atomic mass is 35.5. The summed E-state index contributed by atoms with van der Waals surface area (Å²) in [5.41, 5.74) is 5.05. The van der Waals surface area contributed by atoms with Crippen molar-refractivity contribution in [2.75, 3.05) is 0 Å². The Morgan fingerprint density at radius 2 is 2.17 bits per heavy atom. The molecule has 0 heterocycles. The van der Waals surface area contributed by atoms with Crippen molar-refractivity contribution >= 4 is 17.9 Å². The highest BCUT2D eigenvalue weighted by Gasteiger charge is 2.17. The number of carbonyl (C=O) groups excluding carboxylic acids is 1. The SMILES string of the molecule is CC1=CC(C)=C(CC(C=O)c2cccc(Cl)c2)C1. The van der Waals surface area contributed by atoms with Crippen LogP contribution >= 0.6 is 11.6 Å². The van der Waals surface area contributed by atoms with Gasteiger partial charge in [-0.15, -0.1) is 0 Å². The Labute approximate surface area is 113 Å². The van der Waals surface area contributed by atoms with Gasteiger partial charge in [0.1, 0.15) is 6.29 Å².